The van der Waals surface area contributed by atoms with Crippen LogP contribution in [0.2, 0.25) is 0 Å². The number of nitrogens with one attached hydrogen (secondary N) is 1. The SMILES string of the molecule is COCCCNC(=O)c1ccc(Cn2cccn2)cc1. The van der Waals surface area contributed by atoms with Crippen LogP contribution in [0.1, 0.15) is 22.3 Å². The fraction of sp³-hybridized carbons (Fsp3) is 0.333. The number of carbonyl (C=O) groups is 1. The average molecular weight is 273 g/mol. The van der Waals surface area contributed by atoms with Crippen LogP contribution in [0.25, 0.3) is 0 Å². The van der Waals surface area contributed by atoms with Crippen LogP contribution in [0.4, 0.5) is 0 Å². The Morgan fingerprint density at radius 2 is 2.15 bits per heavy atom. The average Bonchev–Trinajstić information content (AvgIpc) is 2.97. The van der Waals surface area contributed by atoms with Gasteiger partial charge in [0.15, 0.2) is 0 Å². The fourth-order valence-corrected chi connectivity index (χ4v) is 1.86. The van der Waals surface area contributed by atoms with Crippen molar-refractivity contribution >= 4 is 5.91 Å². The molecular weight excluding hydrogens is 254 g/mol. The van der Waals surface area contributed by atoms with E-state index in [2.05, 4.69) is 10.4 Å². The lowest BCUT2D eigenvalue weighted by molar-refractivity contribution is 0.0948. The van der Waals surface area contributed by atoms with E-state index in [1.54, 1.807) is 13.3 Å². The van der Waals surface area contributed by atoms with Gasteiger partial charge in [0.1, 0.15) is 0 Å². The predicted octanol–water partition coefficient (Wildman–Crippen LogP) is 1.70. The van der Waals surface area contributed by atoms with Crippen LogP contribution in [0.3, 0.4) is 0 Å². The van der Waals surface area contributed by atoms with Crippen LogP contribution in [-0.4, -0.2) is 35.9 Å². The Labute approximate surface area is 118 Å². The molecule has 0 saturated heterocycles. The zero-order valence-electron chi connectivity index (χ0n) is 11.6. The van der Waals surface area contributed by atoms with Gasteiger partial charge in [0.05, 0.1) is 6.54 Å². The quantitative estimate of drug-likeness (QED) is 0.781. The first-order valence-corrected chi connectivity index (χ1v) is 6.63. The lowest BCUT2D eigenvalue weighted by Crippen LogP contribution is -2.25. The molecule has 0 bridgehead atoms. The summed E-state index contributed by atoms with van der Waals surface area (Å²) in [7, 11) is 1.65. The van der Waals surface area contributed by atoms with Gasteiger partial charge in [-0.05, 0) is 30.2 Å². The van der Waals surface area contributed by atoms with Crippen LogP contribution >= 0.6 is 0 Å². The van der Waals surface area contributed by atoms with E-state index >= 15 is 0 Å². The van der Waals surface area contributed by atoms with Crippen molar-refractivity contribution in [1.29, 1.82) is 0 Å². The molecule has 1 aromatic heterocycles. The molecule has 0 spiro atoms. The number of benzene rings is 1. The maximum atomic E-state index is 11.9. The number of ether oxygens (including phenoxy) is 1. The van der Waals surface area contributed by atoms with Gasteiger partial charge in [0.25, 0.3) is 5.91 Å². The van der Waals surface area contributed by atoms with Crippen LogP contribution in [-0.2, 0) is 11.3 Å². The molecule has 1 amide bonds. The van der Waals surface area contributed by atoms with Crippen LogP contribution in [0.5, 0.6) is 0 Å². The third-order valence-corrected chi connectivity index (χ3v) is 2.93. The highest BCUT2D eigenvalue weighted by Gasteiger charge is 2.04. The molecule has 2 rings (SSSR count). The second kappa shape index (κ2) is 7.45. The summed E-state index contributed by atoms with van der Waals surface area (Å²) in [6.07, 6.45) is 4.48. The number of hydrogen-bond donors (Lipinski definition) is 1. The molecule has 0 fully saturated rings. The smallest absolute Gasteiger partial charge is 0.251 e. The van der Waals surface area contributed by atoms with Gasteiger partial charge in [-0.15, -0.1) is 0 Å². The summed E-state index contributed by atoms with van der Waals surface area (Å²) >= 11 is 0. The van der Waals surface area contributed by atoms with E-state index in [-0.39, 0.29) is 5.91 Å². The third-order valence-electron chi connectivity index (χ3n) is 2.93. The van der Waals surface area contributed by atoms with Crippen molar-refractivity contribution in [3.05, 3.63) is 53.9 Å². The summed E-state index contributed by atoms with van der Waals surface area (Å²) < 4.78 is 6.78. The summed E-state index contributed by atoms with van der Waals surface area (Å²) in [6.45, 7) is 1.99. The van der Waals surface area contributed by atoms with Crippen molar-refractivity contribution in [2.24, 2.45) is 0 Å². The first-order valence-electron chi connectivity index (χ1n) is 6.63. The second-order valence-corrected chi connectivity index (χ2v) is 4.50. The van der Waals surface area contributed by atoms with Crippen molar-refractivity contribution in [2.45, 2.75) is 13.0 Å². The largest absolute Gasteiger partial charge is 0.385 e. The van der Waals surface area contributed by atoms with E-state index < -0.39 is 0 Å². The van der Waals surface area contributed by atoms with E-state index in [0.717, 1.165) is 12.0 Å². The molecule has 0 saturated carbocycles. The number of rotatable bonds is 7. The van der Waals surface area contributed by atoms with Crippen molar-refractivity contribution in [1.82, 2.24) is 15.1 Å². The molecule has 0 unspecified atom stereocenters. The fourth-order valence-electron chi connectivity index (χ4n) is 1.86. The third kappa shape index (κ3) is 4.20. The zero-order valence-corrected chi connectivity index (χ0v) is 11.6. The summed E-state index contributed by atoms with van der Waals surface area (Å²) in [4.78, 5) is 11.9. The number of nitrogens with zero attached hydrogens (tertiary/aromatic N) is 2. The molecule has 5 heteroatoms. The van der Waals surface area contributed by atoms with E-state index in [9.17, 15) is 4.79 Å². The standard InChI is InChI=1S/C15H19N3O2/c1-20-11-3-8-16-15(19)14-6-4-13(5-7-14)12-18-10-2-9-17-18/h2,4-7,9-10H,3,8,11-12H2,1H3,(H,16,19). The molecule has 0 aliphatic carbocycles. The van der Waals surface area contributed by atoms with E-state index in [4.69, 9.17) is 4.74 Å². The molecule has 106 valence electrons. The van der Waals surface area contributed by atoms with Gasteiger partial charge in [-0.25, -0.2) is 0 Å². The highest BCUT2D eigenvalue weighted by Crippen LogP contribution is 2.06. The Bertz CT molecular complexity index is 521. The molecule has 5 nitrogen and oxygen atoms in total. The van der Waals surface area contributed by atoms with Crippen LogP contribution in [0.15, 0.2) is 42.7 Å². The first-order chi connectivity index (χ1) is 9.79. The van der Waals surface area contributed by atoms with Gasteiger partial charge < -0.3 is 10.1 Å². The van der Waals surface area contributed by atoms with Crippen LogP contribution < -0.4 is 5.32 Å². The maximum absolute atomic E-state index is 11.9. The maximum Gasteiger partial charge on any atom is 0.251 e. The van der Waals surface area contributed by atoms with Gasteiger partial charge >= 0.3 is 0 Å². The number of amides is 1. The molecule has 0 atom stereocenters. The summed E-state index contributed by atoms with van der Waals surface area (Å²) in [5, 5.41) is 7.01. The Balaban J connectivity index is 1.85. The van der Waals surface area contributed by atoms with Crippen LogP contribution in [0, 0.1) is 0 Å². The molecule has 0 aliphatic rings. The van der Waals surface area contributed by atoms with Crippen molar-refractivity contribution < 1.29 is 9.53 Å². The van der Waals surface area contributed by atoms with Crippen molar-refractivity contribution in [2.75, 3.05) is 20.3 Å². The highest BCUT2D eigenvalue weighted by molar-refractivity contribution is 5.94. The molecule has 2 aromatic rings. The highest BCUT2D eigenvalue weighted by atomic mass is 16.5. The van der Waals surface area contributed by atoms with Gasteiger partial charge in [-0.2, -0.15) is 5.10 Å². The minimum atomic E-state index is -0.0493. The minimum absolute atomic E-state index is 0.0493. The van der Waals surface area contributed by atoms with Crippen molar-refractivity contribution in [3.63, 3.8) is 0 Å². The zero-order chi connectivity index (χ0) is 14.2. The predicted molar refractivity (Wildman–Crippen MR) is 76.6 cm³/mol. The second-order valence-electron chi connectivity index (χ2n) is 4.50. The van der Waals surface area contributed by atoms with E-state index in [1.807, 2.05) is 41.2 Å². The first kappa shape index (κ1) is 14.3. The molecule has 0 radical (unpaired) electrons. The lowest BCUT2D eigenvalue weighted by atomic mass is 10.1. The Hall–Kier alpha value is -2.14. The topological polar surface area (TPSA) is 56.1 Å². The lowest BCUT2D eigenvalue weighted by Gasteiger charge is -2.06. The normalized spacial score (nSPS) is 10.4. The van der Waals surface area contributed by atoms with E-state index in [1.165, 1.54) is 0 Å². The minimum Gasteiger partial charge on any atom is -0.385 e. The molecule has 20 heavy (non-hydrogen) atoms. The monoisotopic (exact) mass is 273 g/mol. The number of methoxy groups -OCH3 is 1. The van der Waals surface area contributed by atoms with E-state index in [0.29, 0.717) is 25.3 Å². The summed E-state index contributed by atoms with van der Waals surface area (Å²) in [5.41, 5.74) is 1.79. The molecule has 1 heterocycles. The Morgan fingerprint density at radius 1 is 1.35 bits per heavy atom. The van der Waals surface area contributed by atoms with Gasteiger partial charge in [-0.3, -0.25) is 9.48 Å². The van der Waals surface area contributed by atoms with Gasteiger partial charge in [0.2, 0.25) is 0 Å². The Kier molecular flexibility index (Phi) is 5.32. The van der Waals surface area contributed by atoms with Crippen molar-refractivity contribution in [3.8, 4) is 0 Å². The number of aromatic nitrogens is 2. The summed E-state index contributed by atoms with van der Waals surface area (Å²) in [5.74, 6) is -0.0493. The summed E-state index contributed by atoms with van der Waals surface area (Å²) in [6, 6.07) is 9.47. The number of hydrogen-bond acceptors (Lipinski definition) is 3. The molecule has 1 aromatic carbocycles. The molecule has 0 aliphatic heterocycles. The Morgan fingerprint density at radius 3 is 2.80 bits per heavy atom. The van der Waals surface area contributed by atoms with Gasteiger partial charge in [-0.1, -0.05) is 12.1 Å². The molecular formula is C15H19N3O2. The number of carbonyl (C=O) groups excluding carboxylic acids is 1. The van der Waals surface area contributed by atoms with Gasteiger partial charge in [0, 0.05) is 38.2 Å². The molecule has 1 N–H and O–H groups in total.